The highest BCUT2D eigenvalue weighted by molar-refractivity contribution is 5.28. The number of likely N-dealkylation sites (tertiary alicyclic amines) is 2. The number of nitrogens with zero attached hydrogens (tertiary/aromatic N) is 2. The predicted molar refractivity (Wildman–Crippen MR) is 90.7 cm³/mol. The lowest BCUT2D eigenvalue weighted by Crippen LogP contribution is -2.50. The summed E-state index contributed by atoms with van der Waals surface area (Å²) in [4.78, 5) is 5.32. The zero-order valence-electron chi connectivity index (χ0n) is 13.1. The van der Waals surface area contributed by atoms with Gasteiger partial charge in [0.25, 0.3) is 0 Å². The van der Waals surface area contributed by atoms with E-state index in [1.807, 2.05) is 0 Å². The Bertz CT molecular complexity index is 532. The molecule has 0 N–H and O–H groups in total. The maximum absolute atomic E-state index is 2.66. The van der Waals surface area contributed by atoms with Gasteiger partial charge in [-0.2, -0.15) is 0 Å². The first-order valence-electron chi connectivity index (χ1n) is 8.51. The number of rotatable bonds is 5. The van der Waals surface area contributed by atoms with Gasteiger partial charge < -0.3 is 0 Å². The molecule has 0 aliphatic carbocycles. The Morgan fingerprint density at radius 2 is 0.909 bits per heavy atom. The molecule has 2 heteroatoms. The molecular weight excluding hydrogens is 268 g/mol. The molecule has 2 fully saturated rings. The molecule has 2 saturated heterocycles. The molecule has 22 heavy (non-hydrogen) atoms. The third-order valence-electron chi connectivity index (χ3n) is 5.15. The van der Waals surface area contributed by atoms with E-state index < -0.39 is 0 Å². The summed E-state index contributed by atoms with van der Waals surface area (Å²) in [5.74, 6) is 0. The summed E-state index contributed by atoms with van der Waals surface area (Å²) in [7, 11) is 0. The Kier molecular flexibility index (Phi) is 3.96. The van der Waals surface area contributed by atoms with E-state index >= 15 is 0 Å². The largest absolute Gasteiger partial charge is 0.294 e. The Balaban J connectivity index is 1.73. The van der Waals surface area contributed by atoms with Gasteiger partial charge in [0.15, 0.2) is 0 Å². The SMILES string of the molecule is c1ccc(C(C(c2ccccc2)N2CCC2)N2CCC2)cc1. The molecule has 2 nitrogen and oxygen atoms in total. The zero-order chi connectivity index (χ0) is 14.8. The minimum atomic E-state index is 0.484. The fourth-order valence-electron chi connectivity index (χ4n) is 3.72. The number of hydrogen-bond acceptors (Lipinski definition) is 2. The second-order valence-electron chi connectivity index (χ2n) is 6.49. The van der Waals surface area contributed by atoms with Gasteiger partial charge in [-0.1, -0.05) is 60.7 Å². The fraction of sp³-hybridized carbons (Fsp3) is 0.400. The van der Waals surface area contributed by atoms with Crippen molar-refractivity contribution in [3.63, 3.8) is 0 Å². The van der Waals surface area contributed by atoms with E-state index in [0.29, 0.717) is 12.1 Å². The van der Waals surface area contributed by atoms with Crippen molar-refractivity contribution >= 4 is 0 Å². The quantitative estimate of drug-likeness (QED) is 0.825. The molecule has 2 atom stereocenters. The van der Waals surface area contributed by atoms with E-state index in [9.17, 15) is 0 Å². The predicted octanol–water partition coefficient (Wildman–Crippen LogP) is 3.88. The molecule has 0 saturated carbocycles. The monoisotopic (exact) mass is 292 g/mol. The molecular formula is C20H24N2. The van der Waals surface area contributed by atoms with Crippen LogP contribution in [0.1, 0.15) is 36.1 Å². The number of hydrogen-bond donors (Lipinski definition) is 0. The van der Waals surface area contributed by atoms with E-state index in [-0.39, 0.29) is 0 Å². The fourth-order valence-corrected chi connectivity index (χ4v) is 3.72. The van der Waals surface area contributed by atoms with Crippen LogP contribution in [0.2, 0.25) is 0 Å². The van der Waals surface area contributed by atoms with Crippen LogP contribution in [-0.4, -0.2) is 36.0 Å². The van der Waals surface area contributed by atoms with Crippen molar-refractivity contribution in [1.82, 2.24) is 9.80 Å². The van der Waals surface area contributed by atoms with E-state index in [1.165, 1.54) is 50.1 Å². The molecule has 0 aromatic heterocycles. The van der Waals surface area contributed by atoms with Crippen LogP contribution in [0.15, 0.2) is 60.7 Å². The Hall–Kier alpha value is -1.64. The molecule has 0 bridgehead atoms. The van der Waals surface area contributed by atoms with Crippen LogP contribution in [0, 0.1) is 0 Å². The molecule has 2 aromatic rings. The average molecular weight is 292 g/mol. The normalized spacial score (nSPS) is 21.6. The molecule has 0 amide bonds. The van der Waals surface area contributed by atoms with E-state index in [1.54, 1.807) is 0 Å². The van der Waals surface area contributed by atoms with Gasteiger partial charge in [0, 0.05) is 26.2 Å². The second-order valence-corrected chi connectivity index (χ2v) is 6.49. The highest BCUT2D eigenvalue weighted by Gasteiger charge is 2.38. The first-order valence-corrected chi connectivity index (χ1v) is 8.51. The number of benzene rings is 2. The maximum Gasteiger partial charge on any atom is 0.0545 e. The molecule has 0 spiro atoms. The van der Waals surface area contributed by atoms with Crippen molar-refractivity contribution in [2.75, 3.05) is 26.2 Å². The van der Waals surface area contributed by atoms with Gasteiger partial charge >= 0.3 is 0 Å². The first-order chi connectivity index (χ1) is 10.9. The smallest absolute Gasteiger partial charge is 0.0545 e. The van der Waals surface area contributed by atoms with Crippen molar-refractivity contribution in [1.29, 1.82) is 0 Å². The zero-order valence-corrected chi connectivity index (χ0v) is 13.1. The molecule has 2 unspecified atom stereocenters. The van der Waals surface area contributed by atoms with Crippen LogP contribution < -0.4 is 0 Å². The molecule has 2 heterocycles. The third kappa shape index (κ3) is 2.57. The first kappa shape index (κ1) is 14.0. The standard InChI is InChI=1S/C20H24N2/c1-3-9-17(10-4-1)19(21-13-7-14-21)20(22-15-8-16-22)18-11-5-2-6-12-18/h1-6,9-12,19-20H,7-8,13-16H2. The minimum Gasteiger partial charge on any atom is -0.294 e. The van der Waals surface area contributed by atoms with Gasteiger partial charge in [-0.3, -0.25) is 9.80 Å². The summed E-state index contributed by atoms with van der Waals surface area (Å²) in [6.07, 6.45) is 2.68. The lowest BCUT2D eigenvalue weighted by atomic mass is 9.87. The molecule has 0 radical (unpaired) electrons. The van der Waals surface area contributed by atoms with Gasteiger partial charge in [0.1, 0.15) is 0 Å². The molecule has 4 rings (SSSR count). The van der Waals surface area contributed by atoms with Crippen molar-refractivity contribution < 1.29 is 0 Å². The maximum atomic E-state index is 2.66. The highest BCUT2D eigenvalue weighted by Crippen LogP contribution is 2.42. The summed E-state index contributed by atoms with van der Waals surface area (Å²) < 4.78 is 0. The lowest BCUT2D eigenvalue weighted by molar-refractivity contribution is 0.00973. The van der Waals surface area contributed by atoms with E-state index in [4.69, 9.17) is 0 Å². The molecule has 2 aliphatic rings. The molecule has 114 valence electrons. The Labute approximate surface area is 133 Å². The molecule has 2 aliphatic heterocycles. The van der Waals surface area contributed by atoms with Crippen molar-refractivity contribution in [3.05, 3.63) is 71.8 Å². The second kappa shape index (κ2) is 6.23. The summed E-state index contributed by atoms with van der Waals surface area (Å²) in [6.45, 7) is 4.93. The van der Waals surface area contributed by atoms with Crippen molar-refractivity contribution in [2.24, 2.45) is 0 Å². The van der Waals surface area contributed by atoms with Gasteiger partial charge in [0.2, 0.25) is 0 Å². The van der Waals surface area contributed by atoms with Crippen LogP contribution in [0.3, 0.4) is 0 Å². The van der Waals surface area contributed by atoms with Crippen LogP contribution in [0.5, 0.6) is 0 Å². The summed E-state index contributed by atoms with van der Waals surface area (Å²) in [6, 6.07) is 23.2. The van der Waals surface area contributed by atoms with E-state index in [2.05, 4.69) is 70.5 Å². The van der Waals surface area contributed by atoms with Crippen LogP contribution in [-0.2, 0) is 0 Å². The topological polar surface area (TPSA) is 6.48 Å². The summed E-state index contributed by atoms with van der Waals surface area (Å²) in [5, 5.41) is 0. The van der Waals surface area contributed by atoms with Gasteiger partial charge in [-0.25, -0.2) is 0 Å². The van der Waals surface area contributed by atoms with E-state index in [0.717, 1.165) is 0 Å². The third-order valence-corrected chi connectivity index (χ3v) is 5.15. The van der Waals surface area contributed by atoms with Crippen LogP contribution in [0.25, 0.3) is 0 Å². The van der Waals surface area contributed by atoms with Gasteiger partial charge in [0.05, 0.1) is 12.1 Å². The van der Waals surface area contributed by atoms with Crippen LogP contribution in [0.4, 0.5) is 0 Å². The van der Waals surface area contributed by atoms with Gasteiger partial charge in [-0.15, -0.1) is 0 Å². The molecule has 2 aromatic carbocycles. The summed E-state index contributed by atoms with van der Waals surface area (Å²) in [5.41, 5.74) is 2.92. The summed E-state index contributed by atoms with van der Waals surface area (Å²) >= 11 is 0. The van der Waals surface area contributed by atoms with Gasteiger partial charge in [-0.05, 0) is 24.0 Å². The lowest BCUT2D eigenvalue weighted by Gasteiger charge is -2.49. The van der Waals surface area contributed by atoms with Crippen molar-refractivity contribution in [2.45, 2.75) is 24.9 Å². The Morgan fingerprint density at radius 1 is 0.545 bits per heavy atom. The van der Waals surface area contributed by atoms with Crippen molar-refractivity contribution in [3.8, 4) is 0 Å². The average Bonchev–Trinajstić information content (AvgIpc) is 2.48. The Morgan fingerprint density at radius 3 is 1.18 bits per heavy atom. The minimum absolute atomic E-state index is 0.484. The van der Waals surface area contributed by atoms with Crippen LogP contribution >= 0.6 is 0 Å². The highest BCUT2D eigenvalue weighted by atomic mass is 15.3.